The van der Waals surface area contributed by atoms with E-state index in [0.717, 1.165) is 60.8 Å². The van der Waals surface area contributed by atoms with E-state index in [2.05, 4.69) is 51.4 Å². The van der Waals surface area contributed by atoms with Crippen molar-refractivity contribution in [1.82, 2.24) is 25.0 Å². The molecule has 0 saturated carbocycles. The molecule has 0 atom stereocenters. The standard InChI is InChI=1S/C22H29FN6/c1-28(2)12-4-13-29(3)14-11-25-21-15-18(9-10-24-21)20-16-26-27-22(20)17-5-7-19(23)8-6-17/h5-10,15-16H,4,11-14H2,1-3H3,(H,24,25)(H,26,27). The summed E-state index contributed by atoms with van der Waals surface area (Å²) in [6, 6.07) is 10.3. The van der Waals surface area contributed by atoms with E-state index in [9.17, 15) is 4.39 Å². The van der Waals surface area contributed by atoms with Crippen molar-refractivity contribution >= 4 is 5.82 Å². The van der Waals surface area contributed by atoms with Crippen molar-refractivity contribution < 1.29 is 4.39 Å². The Bertz CT molecular complexity index is 890. The molecule has 0 aliphatic carbocycles. The van der Waals surface area contributed by atoms with Gasteiger partial charge < -0.3 is 15.1 Å². The summed E-state index contributed by atoms with van der Waals surface area (Å²) in [5, 5.41) is 10.7. The van der Waals surface area contributed by atoms with Crippen LogP contribution in [0, 0.1) is 5.82 Å². The molecule has 6 nitrogen and oxygen atoms in total. The lowest BCUT2D eigenvalue weighted by Gasteiger charge is -2.18. The minimum absolute atomic E-state index is 0.257. The van der Waals surface area contributed by atoms with Gasteiger partial charge in [0.1, 0.15) is 11.6 Å². The summed E-state index contributed by atoms with van der Waals surface area (Å²) >= 11 is 0. The van der Waals surface area contributed by atoms with Crippen LogP contribution in [0.3, 0.4) is 0 Å². The van der Waals surface area contributed by atoms with E-state index in [0.29, 0.717) is 0 Å². The summed E-state index contributed by atoms with van der Waals surface area (Å²) in [5.74, 6) is 0.573. The molecular formula is C22H29FN6. The summed E-state index contributed by atoms with van der Waals surface area (Å²) in [7, 11) is 6.34. The van der Waals surface area contributed by atoms with Crippen molar-refractivity contribution in [2.75, 3.05) is 52.6 Å². The zero-order valence-corrected chi connectivity index (χ0v) is 17.3. The maximum Gasteiger partial charge on any atom is 0.126 e. The van der Waals surface area contributed by atoms with Crippen LogP contribution in [0.25, 0.3) is 22.4 Å². The molecule has 0 amide bonds. The number of nitrogens with zero attached hydrogens (tertiary/aromatic N) is 4. The number of aromatic nitrogens is 3. The third-order valence-electron chi connectivity index (χ3n) is 4.77. The van der Waals surface area contributed by atoms with Crippen molar-refractivity contribution in [2.24, 2.45) is 0 Å². The predicted octanol–water partition coefficient (Wildman–Crippen LogP) is 3.57. The first-order valence-corrected chi connectivity index (χ1v) is 9.86. The van der Waals surface area contributed by atoms with E-state index < -0.39 is 0 Å². The number of likely N-dealkylation sites (N-methyl/N-ethyl adjacent to an activating group) is 1. The Hall–Kier alpha value is -2.77. The van der Waals surface area contributed by atoms with Crippen LogP contribution in [0.2, 0.25) is 0 Å². The topological polar surface area (TPSA) is 60.1 Å². The van der Waals surface area contributed by atoms with Gasteiger partial charge in [-0.1, -0.05) is 0 Å². The lowest BCUT2D eigenvalue weighted by molar-refractivity contribution is 0.308. The van der Waals surface area contributed by atoms with Gasteiger partial charge in [0, 0.05) is 36.6 Å². The lowest BCUT2D eigenvalue weighted by atomic mass is 10.0. The molecule has 2 aromatic heterocycles. The van der Waals surface area contributed by atoms with Crippen LogP contribution >= 0.6 is 0 Å². The number of H-pyrrole nitrogens is 1. The normalized spacial score (nSPS) is 11.4. The highest BCUT2D eigenvalue weighted by Gasteiger charge is 2.11. The smallest absolute Gasteiger partial charge is 0.126 e. The number of hydrogen-bond acceptors (Lipinski definition) is 5. The fourth-order valence-electron chi connectivity index (χ4n) is 3.18. The first kappa shape index (κ1) is 21.0. The van der Waals surface area contributed by atoms with Crippen LogP contribution in [0.1, 0.15) is 6.42 Å². The SMILES string of the molecule is CN(C)CCCN(C)CCNc1cc(-c2c[nH]nc2-c2ccc(F)cc2)ccn1. The van der Waals surface area contributed by atoms with Gasteiger partial charge in [0.2, 0.25) is 0 Å². The summed E-state index contributed by atoms with van der Waals surface area (Å²) in [6.45, 7) is 3.95. The van der Waals surface area contributed by atoms with E-state index in [4.69, 9.17) is 0 Å². The molecule has 0 aliphatic heterocycles. The largest absolute Gasteiger partial charge is 0.369 e. The van der Waals surface area contributed by atoms with Crippen molar-refractivity contribution in [3.63, 3.8) is 0 Å². The minimum Gasteiger partial charge on any atom is -0.369 e. The summed E-state index contributed by atoms with van der Waals surface area (Å²) in [4.78, 5) is 8.96. The zero-order valence-electron chi connectivity index (χ0n) is 17.3. The van der Waals surface area contributed by atoms with E-state index >= 15 is 0 Å². The van der Waals surface area contributed by atoms with Gasteiger partial charge in [0.05, 0.1) is 5.69 Å². The second-order valence-corrected chi connectivity index (χ2v) is 7.47. The third-order valence-corrected chi connectivity index (χ3v) is 4.77. The minimum atomic E-state index is -0.257. The van der Waals surface area contributed by atoms with Gasteiger partial charge in [0.25, 0.3) is 0 Å². The van der Waals surface area contributed by atoms with Crippen molar-refractivity contribution in [3.8, 4) is 22.4 Å². The molecule has 154 valence electrons. The fraction of sp³-hybridized carbons (Fsp3) is 0.364. The molecule has 3 rings (SSSR count). The first-order valence-electron chi connectivity index (χ1n) is 9.86. The van der Waals surface area contributed by atoms with E-state index in [1.807, 2.05) is 18.3 Å². The predicted molar refractivity (Wildman–Crippen MR) is 116 cm³/mol. The fourth-order valence-corrected chi connectivity index (χ4v) is 3.18. The highest BCUT2D eigenvalue weighted by molar-refractivity contribution is 5.81. The van der Waals surface area contributed by atoms with Gasteiger partial charge in [-0.15, -0.1) is 0 Å². The molecule has 29 heavy (non-hydrogen) atoms. The number of pyridine rings is 1. The second kappa shape index (κ2) is 10.1. The van der Waals surface area contributed by atoms with Gasteiger partial charge in [-0.2, -0.15) is 5.10 Å². The molecule has 3 aromatic rings. The Morgan fingerprint density at radius 2 is 1.79 bits per heavy atom. The van der Waals surface area contributed by atoms with Gasteiger partial charge >= 0.3 is 0 Å². The monoisotopic (exact) mass is 396 g/mol. The van der Waals surface area contributed by atoms with Crippen molar-refractivity contribution in [1.29, 1.82) is 0 Å². The van der Waals surface area contributed by atoms with Gasteiger partial charge in [-0.05, 0) is 82.6 Å². The summed E-state index contributed by atoms with van der Waals surface area (Å²) < 4.78 is 13.2. The summed E-state index contributed by atoms with van der Waals surface area (Å²) in [6.07, 6.45) is 4.81. The Morgan fingerprint density at radius 1 is 1.00 bits per heavy atom. The van der Waals surface area contributed by atoms with Gasteiger partial charge in [0.15, 0.2) is 0 Å². The number of rotatable bonds is 10. The molecule has 0 saturated heterocycles. The van der Waals surface area contributed by atoms with Gasteiger partial charge in [-0.3, -0.25) is 5.10 Å². The molecule has 2 N–H and O–H groups in total. The van der Waals surface area contributed by atoms with Crippen molar-refractivity contribution in [3.05, 3.63) is 54.6 Å². The molecule has 0 bridgehead atoms. The zero-order chi connectivity index (χ0) is 20.6. The average Bonchev–Trinajstić information content (AvgIpc) is 3.18. The van der Waals surface area contributed by atoms with Crippen LogP contribution in [0.4, 0.5) is 10.2 Å². The molecule has 1 aromatic carbocycles. The molecule has 7 heteroatoms. The highest BCUT2D eigenvalue weighted by atomic mass is 19.1. The number of hydrogen-bond donors (Lipinski definition) is 2. The molecule has 0 spiro atoms. The van der Waals surface area contributed by atoms with E-state index in [1.165, 1.54) is 12.1 Å². The maximum atomic E-state index is 13.2. The Morgan fingerprint density at radius 3 is 2.55 bits per heavy atom. The van der Waals surface area contributed by atoms with Gasteiger partial charge in [-0.25, -0.2) is 9.37 Å². The van der Waals surface area contributed by atoms with Crippen LogP contribution in [-0.2, 0) is 0 Å². The van der Waals surface area contributed by atoms with E-state index in [-0.39, 0.29) is 5.82 Å². The van der Waals surface area contributed by atoms with Crippen LogP contribution in [-0.4, -0.2) is 72.3 Å². The molecule has 0 unspecified atom stereocenters. The maximum absolute atomic E-state index is 13.2. The van der Waals surface area contributed by atoms with Crippen molar-refractivity contribution in [2.45, 2.75) is 6.42 Å². The third kappa shape index (κ3) is 6.10. The molecule has 0 aliphatic rings. The first-order chi connectivity index (χ1) is 14.0. The number of nitrogens with one attached hydrogen (secondary N) is 2. The van der Waals surface area contributed by atoms with Crippen LogP contribution in [0.15, 0.2) is 48.8 Å². The average molecular weight is 397 g/mol. The van der Waals surface area contributed by atoms with Crippen LogP contribution in [0.5, 0.6) is 0 Å². The number of benzene rings is 1. The van der Waals surface area contributed by atoms with Crippen LogP contribution < -0.4 is 5.32 Å². The number of anilines is 1. The molecule has 0 radical (unpaired) electrons. The second-order valence-electron chi connectivity index (χ2n) is 7.47. The lowest BCUT2D eigenvalue weighted by Crippen LogP contribution is -2.28. The Balaban J connectivity index is 1.61. The highest BCUT2D eigenvalue weighted by Crippen LogP contribution is 2.30. The molecule has 0 fully saturated rings. The Kier molecular flexibility index (Phi) is 7.32. The van der Waals surface area contributed by atoms with E-state index in [1.54, 1.807) is 18.3 Å². The number of aromatic amines is 1. The molecular weight excluding hydrogens is 367 g/mol. The Labute approximate surface area is 171 Å². The quantitative estimate of drug-likeness (QED) is 0.549. The molecule has 2 heterocycles. The number of halogens is 1. The summed E-state index contributed by atoms with van der Waals surface area (Å²) in [5.41, 5.74) is 3.63.